The van der Waals surface area contributed by atoms with Crippen molar-refractivity contribution < 1.29 is 5.11 Å². The van der Waals surface area contributed by atoms with Gasteiger partial charge in [-0.2, -0.15) is 0 Å². The molecule has 1 rings (SSSR count). The van der Waals surface area contributed by atoms with Gasteiger partial charge in [0.05, 0.1) is 11.0 Å². The monoisotopic (exact) mass is 166 g/mol. The van der Waals surface area contributed by atoms with Crippen LogP contribution in [0.5, 0.6) is 5.75 Å². The van der Waals surface area contributed by atoms with Crippen LogP contribution < -0.4 is 5.01 Å². The number of benzene rings is 1. The van der Waals surface area contributed by atoms with Crippen molar-refractivity contribution in [3.05, 3.63) is 29.2 Å². The van der Waals surface area contributed by atoms with Gasteiger partial charge in [0.25, 0.3) is 0 Å². The minimum absolute atomic E-state index is 0.134. The molecule has 0 spiro atoms. The summed E-state index contributed by atoms with van der Waals surface area (Å²) in [7, 11) is 0. The fourth-order valence-electron chi connectivity index (χ4n) is 0.941. The van der Waals surface area contributed by atoms with Crippen LogP contribution in [0.1, 0.15) is 6.92 Å². The van der Waals surface area contributed by atoms with Crippen molar-refractivity contribution in [1.82, 2.24) is 0 Å². The molecule has 64 valence electrons. The molecule has 4 heteroatoms. The molecule has 0 heterocycles. The predicted molar refractivity (Wildman–Crippen MR) is 46.9 cm³/mol. The predicted octanol–water partition coefficient (Wildman–Crippen LogP) is 1.90. The second-order valence-electron chi connectivity index (χ2n) is 2.32. The highest BCUT2D eigenvalue weighted by Crippen LogP contribution is 2.19. The van der Waals surface area contributed by atoms with Crippen molar-refractivity contribution in [3.63, 3.8) is 0 Å². The maximum atomic E-state index is 10.2. The number of hydrogen-bond donors (Lipinski definition) is 1. The molecule has 0 radical (unpaired) electrons. The smallest absolute Gasteiger partial charge is 0.117 e. The second-order valence-corrected chi connectivity index (χ2v) is 2.32. The van der Waals surface area contributed by atoms with Crippen LogP contribution in [0.15, 0.2) is 29.6 Å². The number of aromatic hydroxyl groups is 1. The van der Waals surface area contributed by atoms with Crippen LogP contribution in [-0.4, -0.2) is 11.7 Å². The van der Waals surface area contributed by atoms with E-state index >= 15 is 0 Å². The summed E-state index contributed by atoms with van der Waals surface area (Å²) < 4.78 is 0. The molecule has 0 aliphatic heterocycles. The number of nitroso groups, excluding NO2 is 1. The van der Waals surface area contributed by atoms with E-state index in [-0.39, 0.29) is 5.75 Å². The Morgan fingerprint density at radius 3 is 2.83 bits per heavy atom. The summed E-state index contributed by atoms with van der Waals surface area (Å²) in [5.74, 6) is 0.134. The Balaban J connectivity index is 2.93. The topological polar surface area (TPSA) is 52.9 Å². The molecule has 4 nitrogen and oxygen atoms in total. The fourth-order valence-corrected chi connectivity index (χ4v) is 0.941. The number of anilines is 1. The highest BCUT2D eigenvalue weighted by atomic mass is 16.3. The Labute approximate surface area is 70.4 Å². The van der Waals surface area contributed by atoms with Crippen molar-refractivity contribution in [2.24, 2.45) is 5.29 Å². The first-order chi connectivity index (χ1) is 5.77. The second kappa shape index (κ2) is 3.71. The molecule has 0 atom stereocenters. The maximum absolute atomic E-state index is 10.2. The Morgan fingerprint density at radius 1 is 1.58 bits per heavy atom. The first-order valence-electron chi connectivity index (χ1n) is 3.67. The molecule has 1 N–H and O–H groups in total. The molecule has 12 heavy (non-hydrogen) atoms. The molecule has 0 aliphatic carbocycles. The SMILES string of the molecule is CCN(N=O)c1cccc(O)c1. The zero-order valence-electron chi connectivity index (χ0n) is 6.77. The van der Waals surface area contributed by atoms with Crippen LogP contribution in [-0.2, 0) is 0 Å². The number of nitrogens with zero attached hydrogens (tertiary/aromatic N) is 2. The Bertz CT molecular complexity index is 276. The molecule has 1 aromatic carbocycles. The highest BCUT2D eigenvalue weighted by Gasteiger charge is 2.02. The van der Waals surface area contributed by atoms with E-state index in [0.717, 1.165) is 0 Å². The summed E-state index contributed by atoms with van der Waals surface area (Å²) in [5.41, 5.74) is 0.604. The molecule has 0 saturated heterocycles. The van der Waals surface area contributed by atoms with Gasteiger partial charge >= 0.3 is 0 Å². The van der Waals surface area contributed by atoms with E-state index in [0.29, 0.717) is 12.2 Å². The van der Waals surface area contributed by atoms with Gasteiger partial charge < -0.3 is 5.11 Å². The maximum Gasteiger partial charge on any atom is 0.117 e. The zero-order valence-corrected chi connectivity index (χ0v) is 6.77. The van der Waals surface area contributed by atoms with Gasteiger partial charge in [0.15, 0.2) is 0 Å². The quantitative estimate of drug-likeness (QED) is 0.551. The lowest BCUT2D eigenvalue weighted by atomic mass is 10.3. The number of rotatable bonds is 3. The molecule has 0 unspecified atom stereocenters. The van der Waals surface area contributed by atoms with Crippen molar-refractivity contribution in [3.8, 4) is 5.75 Å². The van der Waals surface area contributed by atoms with E-state index in [9.17, 15) is 4.91 Å². The fraction of sp³-hybridized carbons (Fsp3) is 0.250. The van der Waals surface area contributed by atoms with Crippen molar-refractivity contribution in [2.45, 2.75) is 6.92 Å². The first-order valence-corrected chi connectivity index (χ1v) is 3.67. The number of hydrogen-bond acceptors (Lipinski definition) is 3. The van der Waals surface area contributed by atoms with Gasteiger partial charge in [-0.15, -0.1) is 4.91 Å². The van der Waals surface area contributed by atoms with Crippen LogP contribution in [0.2, 0.25) is 0 Å². The summed E-state index contributed by atoms with van der Waals surface area (Å²) in [6.45, 7) is 2.30. The van der Waals surface area contributed by atoms with Crippen LogP contribution in [0.4, 0.5) is 5.69 Å². The van der Waals surface area contributed by atoms with Crippen LogP contribution in [0, 0.1) is 4.91 Å². The van der Waals surface area contributed by atoms with Gasteiger partial charge in [-0.05, 0) is 19.1 Å². The summed E-state index contributed by atoms with van der Waals surface area (Å²) in [5, 5.41) is 13.1. The zero-order chi connectivity index (χ0) is 8.97. The van der Waals surface area contributed by atoms with Crippen molar-refractivity contribution in [2.75, 3.05) is 11.6 Å². The molecule has 0 bridgehead atoms. The first kappa shape index (κ1) is 8.52. The lowest BCUT2D eigenvalue weighted by Gasteiger charge is -2.11. The molecule has 0 aromatic heterocycles. The van der Waals surface area contributed by atoms with E-state index in [1.807, 2.05) is 6.92 Å². The normalized spacial score (nSPS) is 9.42. The molecular weight excluding hydrogens is 156 g/mol. The van der Waals surface area contributed by atoms with Gasteiger partial charge in [0.1, 0.15) is 5.75 Å². The minimum Gasteiger partial charge on any atom is -0.508 e. The third-order valence-corrected chi connectivity index (χ3v) is 1.53. The largest absolute Gasteiger partial charge is 0.508 e. The van der Waals surface area contributed by atoms with Crippen LogP contribution >= 0.6 is 0 Å². The summed E-state index contributed by atoms with van der Waals surface area (Å²) in [6.07, 6.45) is 0. The molecule has 0 aliphatic rings. The van der Waals surface area contributed by atoms with Gasteiger partial charge in [0.2, 0.25) is 0 Å². The molecule has 0 amide bonds. The lowest BCUT2D eigenvalue weighted by Crippen LogP contribution is -2.13. The van der Waals surface area contributed by atoms with Gasteiger partial charge in [-0.3, -0.25) is 0 Å². The van der Waals surface area contributed by atoms with E-state index in [1.165, 1.54) is 11.1 Å². The van der Waals surface area contributed by atoms with Crippen molar-refractivity contribution in [1.29, 1.82) is 0 Å². The van der Waals surface area contributed by atoms with E-state index in [1.54, 1.807) is 18.2 Å². The van der Waals surface area contributed by atoms with E-state index < -0.39 is 0 Å². The average molecular weight is 166 g/mol. The molecular formula is C8H10N2O2. The number of phenols is 1. The Hall–Kier alpha value is -1.58. The molecule has 0 saturated carbocycles. The van der Waals surface area contributed by atoms with Crippen molar-refractivity contribution >= 4 is 5.69 Å². The standard InChI is InChI=1S/C8H10N2O2/c1-2-10(9-12)7-4-3-5-8(11)6-7/h3-6,11H,2H2,1H3. The molecule has 1 aromatic rings. The Morgan fingerprint density at radius 2 is 2.33 bits per heavy atom. The van der Waals surface area contributed by atoms with Gasteiger partial charge in [0, 0.05) is 12.6 Å². The lowest BCUT2D eigenvalue weighted by molar-refractivity contribution is 0.475. The van der Waals surface area contributed by atoms with Gasteiger partial charge in [-0.25, -0.2) is 5.01 Å². The summed E-state index contributed by atoms with van der Waals surface area (Å²) >= 11 is 0. The summed E-state index contributed by atoms with van der Waals surface area (Å²) in [6, 6.07) is 6.41. The van der Waals surface area contributed by atoms with Gasteiger partial charge in [-0.1, -0.05) is 6.07 Å². The Kier molecular flexibility index (Phi) is 2.63. The third-order valence-electron chi connectivity index (χ3n) is 1.53. The minimum atomic E-state index is 0.134. The number of phenolic OH excluding ortho intramolecular Hbond substituents is 1. The van der Waals surface area contributed by atoms with Crippen LogP contribution in [0.25, 0.3) is 0 Å². The summed E-state index contributed by atoms with van der Waals surface area (Å²) in [4.78, 5) is 10.2. The third kappa shape index (κ3) is 1.72. The molecule has 0 fully saturated rings. The van der Waals surface area contributed by atoms with Crippen LogP contribution in [0.3, 0.4) is 0 Å². The average Bonchev–Trinajstić information content (AvgIpc) is 2.07. The highest BCUT2D eigenvalue weighted by molar-refractivity contribution is 5.49. The van der Waals surface area contributed by atoms with E-state index in [4.69, 9.17) is 5.11 Å². The van der Waals surface area contributed by atoms with E-state index in [2.05, 4.69) is 5.29 Å².